The second-order valence-electron chi connectivity index (χ2n) is 4.22. The molecule has 0 fully saturated rings. The summed E-state index contributed by atoms with van der Waals surface area (Å²) in [6, 6.07) is 1.83. The Morgan fingerprint density at radius 3 is 2.56 bits per heavy atom. The molecule has 1 N–H and O–H groups in total. The molecule has 0 aliphatic rings. The molecule has 3 heteroatoms. The SMILES string of the molecule is CCCCCCCCC(O)c1ccoc1Br. The van der Waals surface area contributed by atoms with Gasteiger partial charge in [0.15, 0.2) is 4.67 Å². The molecule has 1 unspecified atom stereocenters. The zero-order chi connectivity index (χ0) is 11.8. The van der Waals surface area contributed by atoms with Crippen molar-refractivity contribution in [1.29, 1.82) is 0 Å². The molecule has 2 nitrogen and oxygen atoms in total. The number of aliphatic hydroxyl groups is 1. The lowest BCUT2D eigenvalue weighted by Gasteiger charge is -2.08. The van der Waals surface area contributed by atoms with E-state index in [1.165, 1.54) is 32.1 Å². The van der Waals surface area contributed by atoms with Gasteiger partial charge in [-0.25, -0.2) is 0 Å². The molecule has 0 bridgehead atoms. The van der Waals surface area contributed by atoms with Gasteiger partial charge < -0.3 is 9.52 Å². The number of aliphatic hydroxyl groups excluding tert-OH is 1. The summed E-state index contributed by atoms with van der Waals surface area (Å²) in [5.74, 6) is 0. The quantitative estimate of drug-likeness (QED) is 0.696. The highest BCUT2D eigenvalue weighted by atomic mass is 79.9. The van der Waals surface area contributed by atoms with Crippen molar-refractivity contribution < 1.29 is 9.52 Å². The molecule has 0 amide bonds. The lowest BCUT2D eigenvalue weighted by atomic mass is 10.0. The largest absolute Gasteiger partial charge is 0.457 e. The predicted molar refractivity (Wildman–Crippen MR) is 69.4 cm³/mol. The van der Waals surface area contributed by atoms with Gasteiger partial charge in [-0.1, -0.05) is 45.4 Å². The van der Waals surface area contributed by atoms with E-state index in [9.17, 15) is 5.11 Å². The summed E-state index contributed by atoms with van der Waals surface area (Å²) in [6.07, 6.45) is 9.55. The first-order chi connectivity index (χ1) is 7.75. The summed E-state index contributed by atoms with van der Waals surface area (Å²) < 4.78 is 5.76. The summed E-state index contributed by atoms with van der Waals surface area (Å²) in [4.78, 5) is 0. The Kier molecular flexibility index (Phi) is 6.81. The molecule has 1 atom stereocenters. The van der Waals surface area contributed by atoms with Crippen molar-refractivity contribution in [3.8, 4) is 0 Å². The van der Waals surface area contributed by atoms with Gasteiger partial charge in [-0.2, -0.15) is 0 Å². The number of hydrogen-bond acceptors (Lipinski definition) is 2. The molecule has 1 aromatic rings. The third-order valence-corrected chi connectivity index (χ3v) is 3.48. The molecular formula is C13H21BrO2. The van der Waals surface area contributed by atoms with Crippen LogP contribution in [0.15, 0.2) is 21.4 Å². The number of rotatable bonds is 8. The monoisotopic (exact) mass is 288 g/mol. The molecule has 1 rings (SSSR count). The minimum absolute atomic E-state index is 0.390. The van der Waals surface area contributed by atoms with Crippen molar-refractivity contribution in [2.45, 2.75) is 58.0 Å². The van der Waals surface area contributed by atoms with Crippen LogP contribution >= 0.6 is 15.9 Å². The van der Waals surface area contributed by atoms with Crippen LogP contribution in [-0.2, 0) is 0 Å². The van der Waals surface area contributed by atoms with Crippen molar-refractivity contribution in [2.75, 3.05) is 0 Å². The highest BCUT2D eigenvalue weighted by Crippen LogP contribution is 2.27. The molecule has 0 saturated carbocycles. The first-order valence-electron chi connectivity index (χ1n) is 6.16. The Bertz CT molecular complexity index is 283. The van der Waals surface area contributed by atoms with Gasteiger partial charge in [0.2, 0.25) is 0 Å². The first-order valence-corrected chi connectivity index (χ1v) is 6.96. The summed E-state index contributed by atoms with van der Waals surface area (Å²) >= 11 is 3.28. The van der Waals surface area contributed by atoms with Crippen LogP contribution in [0.5, 0.6) is 0 Å². The first kappa shape index (κ1) is 13.8. The number of halogens is 1. The maximum Gasteiger partial charge on any atom is 0.174 e. The molecule has 16 heavy (non-hydrogen) atoms. The fourth-order valence-corrected chi connectivity index (χ4v) is 2.32. The Morgan fingerprint density at radius 1 is 1.25 bits per heavy atom. The van der Waals surface area contributed by atoms with E-state index in [0.717, 1.165) is 18.4 Å². The molecule has 1 heterocycles. The van der Waals surface area contributed by atoms with Crippen LogP contribution in [0.2, 0.25) is 0 Å². The van der Waals surface area contributed by atoms with Gasteiger partial charge in [0.1, 0.15) is 0 Å². The molecule has 0 saturated heterocycles. The van der Waals surface area contributed by atoms with Gasteiger partial charge in [0, 0.05) is 5.56 Å². The van der Waals surface area contributed by atoms with E-state index < -0.39 is 0 Å². The zero-order valence-corrected chi connectivity index (χ0v) is 11.5. The normalized spacial score (nSPS) is 12.9. The summed E-state index contributed by atoms with van der Waals surface area (Å²) in [5.41, 5.74) is 0.869. The van der Waals surface area contributed by atoms with Crippen molar-refractivity contribution in [2.24, 2.45) is 0 Å². The van der Waals surface area contributed by atoms with E-state index in [0.29, 0.717) is 4.67 Å². The minimum atomic E-state index is -0.390. The van der Waals surface area contributed by atoms with Crippen molar-refractivity contribution >= 4 is 15.9 Å². The Hall–Kier alpha value is -0.280. The van der Waals surface area contributed by atoms with Gasteiger partial charge in [-0.05, 0) is 28.4 Å². The molecular weight excluding hydrogens is 268 g/mol. The summed E-state index contributed by atoms with van der Waals surface area (Å²) in [6.45, 7) is 2.22. The van der Waals surface area contributed by atoms with Gasteiger partial charge in [0.25, 0.3) is 0 Å². The number of unbranched alkanes of at least 4 members (excludes halogenated alkanes) is 5. The summed E-state index contributed by atoms with van der Waals surface area (Å²) in [5, 5.41) is 9.90. The van der Waals surface area contributed by atoms with E-state index in [1.54, 1.807) is 6.26 Å². The van der Waals surface area contributed by atoms with Crippen LogP contribution in [0.3, 0.4) is 0 Å². The maximum absolute atomic E-state index is 9.90. The molecule has 1 aromatic heterocycles. The molecule has 0 spiro atoms. The fourth-order valence-electron chi connectivity index (χ4n) is 1.82. The van der Waals surface area contributed by atoms with E-state index >= 15 is 0 Å². The van der Waals surface area contributed by atoms with Crippen LogP contribution in [0, 0.1) is 0 Å². The molecule has 0 aliphatic carbocycles. The number of hydrogen-bond donors (Lipinski definition) is 1. The molecule has 0 aromatic carbocycles. The smallest absolute Gasteiger partial charge is 0.174 e. The van der Waals surface area contributed by atoms with Gasteiger partial charge >= 0.3 is 0 Å². The lowest BCUT2D eigenvalue weighted by Crippen LogP contribution is -1.96. The second-order valence-corrected chi connectivity index (χ2v) is 4.94. The van der Waals surface area contributed by atoms with E-state index in [2.05, 4.69) is 22.9 Å². The lowest BCUT2D eigenvalue weighted by molar-refractivity contribution is 0.161. The highest BCUT2D eigenvalue weighted by Gasteiger charge is 2.12. The van der Waals surface area contributed by atoms with E-state index in [4.69, 9.17) is 4.42 Å². The Morgan fingerprint density at radius 2 is 1.94 bits per heavy atom. The fraction of sp³-hybridized carbons (Fsp3) is 0.692. The summed E-state index contributed by atoms with van der Waals surface area (Å²) in [7, 11) is 0. The van der Waals surface area contributed by atoms with Gasteiger partial charge in [-0.15, -0.1) is 0 Å². The predicted octanol–water partition coefficient (Wildman–Crippen LogP) is 4.83. The third-order valence-electron chi connectivity index (χ3n) is 2.84. The van der Waals surface area contributed by atoms with E-state index in [-0.39, 0.29) is 6.10 Å². The second kappa shape index (κ2) is 7.91. The molecule has 0 aliphatic heterocycles. The minimum Gasteiger partial charge on any atom is -0.457 e. The van der Waals surface area contributed by atoms with Crippen molar-refractivity contribution in [3.05, 3.63) is 22.6 Å². The van der Waals surface area contributed by atoms with Crippen LogP contribution in [0.4, 0.5) is 0 Å². The standard InChI is InChI=1S/C13H21BrO2/c1-2-3-4-5-6-7-8-12(15)11-9-10-16-13(11)14/h9-10,12,15H,2-8H2,1H3. The average molecular weight is 289 g/mol. The molecule has 92 valence electrons. The topological polar surface area (TPSA) is 33.4 Å². The Balaban J connectivity index is 2.11. The van der Waals surface area contributed by atoms with Gasteiger partial charge in [0.05, 0.1) is 12.4 Å². The van der Waals surface area contributed by atoms with Crippen LogP contribution in [0.1, 0.15) is 63.5 Å². The average Bonchev–Trinajstić information content (AvgIpc) is 2.69. The maximum atomic E-state index is 9.90. The van der Waals surface area contributed by atoms with Crippen LogP contribution in [0.25, 0.3) is 0 Å². The van der Waals surface area contributed by atoms with Crippen molar-refractivity contribution in [1.82, 2.24) is 0 Å². The highest BCUT2D eigenvalue weighted by molar-refractivity contribution is 9.10. The zero-order valence-electron chi connectivity index (χ0n) is 9.92. The van der Waals surface area contributed by atoms with Gasteiger partial charge in [-0.3, -0.25) is 0 Å². The van der Waals surface area contributed by atoms with Crippen molar-refractivity contribution in [3.63, 3.8) is 0 Å². The number of furan rings is 1. The Labute approximate surface area is 106 Å². The molecule has 0 radical (unpaired) electrons. The van der Waals surface area contributed by atoms with E-state index in [1.807, 2.05) is 6.07 Å². The van der Waals surface area contributed by atoms with Crippen LogP contribution < -0.4 is 0 Å². The van der Waals surface area contributed by atoms with Crippen LogP contribution in [-0.4, -0.2) is 5.11 Å². The third kappa shape index (κ3) is 4.71.